The summed E-state index contributed by atoms with van der Waals surface area (Å²) in [5, 5.41) is 0. The van der Waals surface area contributed by atoms with Gasteiger partial charge in [-0.05, 0) is 56.7 Å². The maximum Gasteiger partial charge on any atom is 0.255 e. The van der Waals surface area contributed by atoms with Crippen LogP contribution in [-0.2, 0) is 11.8 Å². The van der Waals surface area contributed by atoms with Gasteiger partial charge in [-0.1, -0.05) is 0 Å². The first kappa shape index (κ1) is 15.2. The van der Waals surface area contributed by atoms with E-state index >= 15 is 0 Å². The van der Waals surface area contributed by atoms with Crippen molar-refractivity contribution in [2.75, 3.05) is 13.1 Å². The van der Waals surface area contributed by atoms with Gasteiger partial charge in [0.2, 0.25) is 0 Å². The third-order valence-electron chi connectivity index (χ3n) is 5.35. The predicted molar refractivity (Wildman–Crippen MR) is 90.9 cm³/mol. The normalized spacial score (nSPS) is 22.7. The van der Waals surface area contributed by atoms with Crippen LogP contribution in [0.3, 0.4) is 0 Å². The Balaban J connectivity index is 1.64. The number of hydrogen-bond acceptors (Lipinski definition) is 4. The van der Waals surface area contributed by atoms with Crippen molar-refractivity contribution in [2.45, 2.75) is 44.9 Å². The number of carbonyl (C=O) groups is 1. The van der Waals surface area contributed by atoms with Crippen LogP contribution in [0.4, 0.5) is 0 Å². The van der Waals surface area contributed by atoms with Crippen molar-refractivity contribution < 1.29 is 4.79 Å². The second-order valence-electron chi connectivity index (χ2n) is 7.15. The Hall–Kier alpha value is -2.30. The lowest BCUT2D eigenvalue weighted by Gasteiger charge is -2.40. The summed E-state index contributed by atoms with van der Waals surface area (Å²) in [6.45, 7) is 5.47. The second kappa shape index (κ2) is 5.65. The summed E-state index contributed by atoms with van der Waals surface area (Å²) in [5.74, 6) is 0.908. The van der Waals surface area contributed by atoms with Gasteiger partial charge in [0.15, 0.2) is 0 Å². The number of carbonyl (C=O) groups excluding carboxylic acids is 1. The fraction of sp³-hybridized carbons (Fsp3) is 0.474. The molecule has 1 spiro atoms. The zero-order valence-electron chi connectivity index (χ0n) is 14.2. The van der Waals surface area contributed by atoms with Crippen LogP contribution < -0.4 is 0 Å². The molecule has 0 radical (unpaired) electrons. The molecule has 3 heterocycles. The van der Waals surface area contributed by atoms with E-state index in [1.54, 1.807) is 12.4 Å². The van der Waals surface area contributed by atoms with Gasteiger partial charge in [0, 0.05) is 37.1 Å². The Morgan fingerprint density at radius 3 is 2.92 bits per heavy atom. The van der Waals surface area contributed by atoms with Crippen LogP contribution in [0, 0.1) is 13.8 Å². The van der Waals surface area contributed by atoms with E-state index in [-0.39, 0.29) is 11.3 Å². The Kier molecular flexibility index (Phi) is 3.59. The molecule has 5 nitrogen and oxygen atoms in total. The first-order valence-electron chi connectivity index (χ1n) is 8.61. The molecule has 1 unspecified atom stereocenters. The summed E-state index contributed by atoms with van der Waals surface area (Å²) >= 11 is 0. The first-order chi connectivity index (χ1) is 11.6. The smallest absolute Gasteiger partial charge is 0.255 e. The fourth-order valence-electron chi connectivity index (χ4n) is 4.19. The molecule has 0 bridgehead atoms. The maximum absolute atomic E-state index is 12.9. The van der Waals surface area contributed by atoms with Gasteiger partial charge >= 0.3 is 0 Å². The summed E-state index contributed by atoms with van der Waals surface area (Å²) in [6, 6.07) is 1.92. The Morgan fingerprint density at radius 2 is 2.08 bits per heavy atom. The molecule has 1 atom stereocenters. The van der Waals surface area contributed by atoms with E-state index in [9.17, 15) is 4.79 Å². The largest absolute Gasteiger partial charge is 0.338 e. The van der Waals surface area contributed by atoms with E-state index in [0.29, 0.717) is 5.56 Å². The molecule has 4 rings (SSSR count). The van der Waals surface area contributed by atoms with Crippen molar-refractivity contribution in [3.8, 4) is 0 Å². The molecule has 1 aliphatic heterocycles. The molecule has 2 aromatic heterocycles. The van der Waals surface area contributed by atoms with Gasteiger partial charge in [-0.15, -0.1) is 0 Å². The van der Waals surface area contributed by atoms with E-state index < -0.39 is 0 Å². The average Bonchev–Trinajstić information content (AvgIpc) is 2.92. The molecule has 124 valence electrons. The first-order valence-corrected chi connectivity index (χ1v) is 8.61. The van der Waals surface area contributed by atoms with Gasteiger partial charge in [0.05, 0.1) is 11.3 Å². The molecule has 1 amide bonds. The van der Waals surface area contributed by atoms with Crippen molar-refractivity contribution in [3.63, 3.8) is 0 Å². The Bertz CT molecular complexity index is 800. The Morgan fingerprint density at radius 1 is 1.21 bits per heavy atom. The van der Waals surface area contributed by atoms with Crippen molar-refractivity contribution in [1.29, 1.82) is 0 Å². The highest BCUT2D eigenvalue weighted by molar-refractivity contribution is 5.94. The monoisotopic (exact) mass is 322 g/mol. The zero-order valence-corrected chi connectivity index (χ0v) is 14.2. The van der Waals surface area contributed by atoms with Crippen LogP contribution in [0.25, 0.3) is 0 Å². The van der Waals surface area contributed by atoms with E-state index in [0.717, 1.165) is 50.2 Å². The number of nitrogens with zero attached hydrogens (tertiary/aromatic N) is 4. The number of likely N-dealkylation sites (tertiary alicyclic amines) is 1. The second-order valence-corrected chi connectivity index (χ2v) is 7.15. The molecule has 0 saturated carbocycles. The summed E-state index contributed by atoms with van der Waals surface area (Å²) in [4.78, 5) is 28.2. The van der Waals surface area contributed by atoms with E-state index in [1.165, 1.54) is 11.3 Å². The predicted octanol–water partition coefficient (Wildman–Crippen LogP) is 2.61. The van der Waals surface area contributed by atoms with Crippen LogP contribution >= 0.6 is 0 Å². The van der Waals surface area contributed by atoms with E-state index in [2.05, 4.69) is 9.97 Å². The number of aryl methyl sites for hydroxylation is 3. The van der Waals surface area contributed by atoms with Crippen LogP contribution in [0.2, 0.25) is 0 Å². The molecule has 2 aliphatic rings. The summed E-state index contributed by atoms with van der Waals surface area (Å²) in [5.41, 5.74) is 4.14. The molecule has 24 heavy (non-hydrogen) atoms. The topological polar surface area (TPSA) is 59.0 Å². The van der Waals surface area contributed by atoms with E-state index in [1.807, 2.05) is 31.0 Å². The fourth-order valence-corrected chi connectivity index (χ4v) is 4.19. The minimum atomic E-state index is 0.00813. The van der Waals surface area contributed by atoms with Gasteiger partial charge in [0.1, 0.15) is 5.82 Å². The van der Waals surface area contributed by atoms with Crippen molar-refractivity contribution >= 4 is 5.91 Å². The molecule has 2 aromatic rings. The lowest BCUT2D eigenvalue weighted by molar-refractivity contribution is 0.0633. The number of fused-ring (bicyclic) bond motifs is 2. The van der Waals surface area contributed by atoms with Crippen LogP contribution in [-0.4, -0.2) is 38.8 Å². The zero-order chi connectivity index (χ0) is 16.7. The van der Waals surface area contributed by atoms with Gasteiger partial charge in [-0.2, -0.15) is 0 Å². The minimum absolute atomic E-state index is 0.00813. The molecule has 5 heteroatoms. The molecule has 1 saturated heterocycles. The van der Waals surface area contributed by atoms with Crippen molar-refractivity contribution in [3.05, 3.63) is 52.9 Å². The molecule has 0 N–H and O–H groups in total. The highest BCUT2D eigenvalue weighted by Crippen LogP contribution is 2.44. The number of piperidine rings is 1. The molecular weight excluding hydrogens is 300 g/mol. The number of pyridine rings is 1. The van der Waals surface area contributed by atoms with Gasteiger partial charge in [-0.3, -0.25) is 9.78 Å². The molecular formula is C19H22N4O. The van der Waals surface area contributed by atoms with Crippen LogP contribution in [0.15, 0.2) is 24.7 Å². The number of hydrogen-bond donors (Lipinski definition) is 0. The Labute approximate surface area is 142 Å². The van der Waals surface area contributed by atoms with E-state index in [4.69, 9.17) is 4.98 Å². The molecule has 1 aliphatic carbocycles. The number of rotatable bonds is 1. The van der Waals surface area contributed by atoms with Crippen molar-refractivity contribution in [2.24, 2.45) is 0 Å². The number of aromatic nitrogens is 3. The minimum Gasteiger partial charge on any atom is -0.338 e. The van der Waals surface area contributed by atoms with Crippen molar-refractivity contribution in [1.82, 2.24) is 19.9 Å². The maximum atomic E-state index is 12.9. The van der Waals surface area contributed by atoms with Gasteiger partial charge in [-0.25, -0.2) is 9.97 Å². The highest BCUT2D eigenvalue weighted by Gasteiger charge is 2.44. The lowest BCUT2D eigenvalue weighted by Crippen LogP contribution is -2.48. The SMILES string of the molecule is Cc1cncc(C(=O)N2CCCC3(CCc4cnc(C)nc43)C2)c1. The van der Waals surface area contributed by atoms with Gasteiger partial charge < -0.3 is 4.90 Å². The average molecular weight is 322 g/mol. The van der Waals surface area contributed by atoms with Crippen LogP contribution in [0.1, 0.15) is 52.3 Å². The third kappa shape index (κ3) is 2.48. The third-order valence-corrected chi connectivity index (χ3v) is 5.35. The summed E-state index contributed by atoms with van der Waals surface area (Å²) < 4.78 is 0. The van der Waals surface area contributed by atoms with Gasteiger partial charge in [0.25, 0.3) is 5.91 Å². The number of amides is 1. The quantitative estimate of drug-likeness (QED) is 0.810. The highest BCUT2D eigenvalue weighted by atomic mass is 16.2. The standard InChI is InChI=1S/C19H22N4O/c1-13-8-16(10-20-9-13)18(24)23-7-3-5-19(12-23)6-4-15-11-21-14(2)22-17(15)19/h8-11H,3-7,12H2,1-2H3. The molecule has 1 fully saturated rings. The summed E-state index contributed by atoms with van der Waals surface area (Å²) in [7, 11) is 0. The summed E-state index contributed by atoms with van der Waals surface area (Å²) in [6.07, 6.45) is 9.63. The lowest BCUT2D eigenvalue weighted by atomic mass is 9.77. The van der Waals surface area contributed by atoms with Crippen LogP contribution in [0.5, 0.6) is 0 Å². The molecule has 0 aromatic carbocycles.